The Morgan fingerprint density at radius 2 is 1.54 bits per heavy atom. The molecule has 7 N–H and O–H groups in total. The van der Waals surface area contributed by atoms with Crippen molar-refractivity contribution in [1.29, 1.82) is 0 Å². The van der Waals surface area contributed by atoms with E-state index in [9.17, 15) is 42.1 Å². The van der Waals surface area contributed by atoms with Crippen molar-refractivity contribution in [3.05, 3.63) is 0 Å². The van der Waals surface area contributed by atoms with Crippen LogP contribution in [0.25, 0.3) is 0 Å². The summed E-state index contributed by atoms with van der Waals surface area (Å²) in [6.07, 6.45) is -17.9. The molecule has 2 rings (SSSR count). The average molecular weight is 580 g/mol. The molecule has 0 bridgehead atoms. The second-order valence-corrected chi connectivity index (χ2v) is 9.39. The second kappa shape index (κ2) is 12.6. The summed E-state index contributed by atoms with van der Waals surface area (Å²) < 4.78 is 94.4. The number of aliphatic hydroxyl groups is 3. The van der Waals surface area contributed by atoms with Crippen LogP contribution in [-0.4, -0.2) is 126 Å². The summed E-state index contributed by atoms with van der Waals surface area (Å²) in [4.78, 5) is 11.3. The largest absolute Gasteiger partial charge is 0.479 e. The highest BCUT2D eigenvalue weighted by molar-refractivity contribution is 7.89. The van der Waals surface area contributed by atoms with E-state index >= 15 is 0 Å². The normalized spacial score (nSPS) is 36.3. The van der Waals surface area contributed by atoms with Gasteiger partial charge in [-0.2, -0.15) is 16.8 Å². The molecule has 23 heteroatoms. The number of rotatable bonds is 13. The van der Waals surface area contributed by atoms with E-state index in [1.54, 1.807) is 0 Å². The Kier molecular flexibility index (Phi) is 10.9. The van der Waals surface area contributed by atoms with Crippen molar-refractivity contribution in [1.82, 2.24) is 0 Å². The van der Waals surface area contributed by atoms with E-state index in [1.807, 2.05) is 0 Å². The van der Waals surface area contributed by atoms with Gasteiger partial charge in [0, 0.05) is 0 Å². The summed E-state index contributed by atoms with van der Waals surface area (Å²) in [5.41, 5.74) is 0. The predicted molar refractivity (Wildman–Crippen MR) is 100 cm³/mol. The maximum atomic E-state index is 11.3. The minimum absolute atomic E-state index is 0.0461. The lowest BCUT2D eigenvalue weighted by Crippen LogP contribution is -2.62. The summed E-state index contributed by atoms with van der Waals surface area (Å²) in [5.74, 6) is -1.82. The topological polar surface area (TPSA) is 301 Å². The summed E-state index contributed by atoms with van der Waals surface area (Å²) in [7, 11) is -10.3. The van der Waals surface area contributed by atoms with Gasteiger partial charge in [-0.25, -0.2) is 18.4 Å². The summed E-state index contributed by atoms with van der Waals surface area (Å²) in [5, 5.41) is 51.1. The van der Waals surface area contributed by atoms with Gasteiger partial charge in [-0.05, 0) is 0 Å². The molecule has 0 aromatic heterocycles. The van der Waals surface area contributed by atoms with Crippen molar-refractivity contribution in [2.75, 3.05) is 13.2 Å². The number of carboxylic acids is 1. The Labute approximate surface area is 200 Å². The number of hydrogen-bond donors (Lipinski definition) is 7. The van der Waals surface area contributed by atoms with Gasteiger partial charge in [0.05, 0.1) is 13.2 Å². The van der Waals surface area contributed by atoms with Crippen LogP contribution in [-0.2, 0) is 61.7 Å². The third-order valence-electron chi connectivity index (χ3n) is 4.47. The van der Waals surface area contributed by atoms with Crippen LogP contribution in [0, 0.1) is 0 Å². The van der Waals surface area contributed by atoms with Crippen LogP contribution >= 0.6 is 12.3 Å². The lowest BCUT2D eigenvalue weighted by Gasteiger charge is -2.41. The van der Waals surface area contributed by atoms with Crippen molar-refractivity contribution in [2.45, 2.75) is 55.1 Å². The van der Waals surface area contributed by atoms with E-state index in [0.29, 0.717) is 0 Å². The maximum Gasteiger partial charge on any atom is 0.397 e. The van der Waals surface area contributed by atoms with E-state index in [4.69, 9.17) is 32.8 Å². The van der Waals surface area contributed by atoms with Crippen LogP contribution in [0.15, 0.2) is 0 Å². The van der Waals surface area contributed by atoms with Crippen LogP contribution in [0.1, 0.15) is 0 Å². The zero-order chi connectivity index (χ0) is 26.6. The first-order valence-corrected chi connectivity index (χ1v) is 12.3. The molecule has 2 aliphatic heterocycles. The van der Waals surface area contributed by atoms with Gasteiger partial charge in [-0.1, -0.05) is 5.04 Å². The maximum absolute atomic E-state index is 11.3. The molecule has 9 atom stereocenters. The Hall–Kier alpha value is -0.840. The van der Waals surface area contributed by atoms with Gasteiger partial charge < -0.3 is 34.6 Å². The van der Waals surface area contributed by atoms with Crippen molar-refractivity contribution >= 4 is 39.1 Å². The van der Waals surface area contributed by atoms with Crippen LogP contribution in [0.2, 0.25) is 0 Å². The molecule has 0 aromatic rings. The fraction of sp³-hybridized carbons (Fsp3) is 0.917. The molecule has 2 aliphatic rings. The summed E-state index contributed by atoms with van der Waals surface area (Å²) in [6.45, 7) is -1.59. The van der Waals surface area contributed by atoms with Gasteiger partial charge in [0.25, 0.3) is 0 Å². The van der Waals surface area contributed by atoms with Crippen LogP contribution in [0.3, 0.4) is 0 Å². The van der Waals surface area contributed by atoms with Gasteiger partial charge in [0.15, 0.2) is 30.8 Å². The number of hydrogen-bond acceptors (Lipinski definition) is 18. The minimum Gasteiger partial charge on any atom is -0.479 e. The Balaban J connectivity index is 2.28. The molecule has 206 valence electrons. The fourth-order valence-electron chi connectivity index (χ4n) is 3.08. The van der Waals surface area contributed by atoms with E-state index in [1.165, 1.54) is 0 Å². The molecule has 2 heterocycles. The number of ether oxygens (including phenoxy) is 3. The molecule has 2 fully saturated rings. The highest BCUT2D eigenvalue weighted by Crippen LogP contribution is 2.32. The molecule has 0 saturated carbocycles. The fourth-order valence-corrected chi connectivity index (χ4v) is 4.13. The first kappa shape index (κ1) is 30.4. The SMILES string of the molecule is O=C(O)C1OC(OC2C(COSOOO)OC(COS(=O)(=O)O)C2O)C(OS(=O)(=O)O)C(O)C1O. The second-order valence-electron chi connectivity index (χ2n) is 6.74. The lowest BCUT2D eigenvalue weighted by atomic mass is 9.98. The summed E-state index contributed by atoms with van der Waals surface area (Å²) in [6, 6.07) is 0. The molecule has 2 saturated heterocycles. The van der Waals surface area contributed by atoms with Gasteiger partial charge in [0.1, 0.15) is 36.6 Å². The zero-order valence-electron chi connectivity index (χ0n) is 16.8. The number of carbonyl (C=O) groups is 1. The lowest BCUT2D eigenvalue weighted by molar-refractivity contribution is -0.434. The Bertz CT molecular complexity index is 908. The van der Waals surface area contributed by atoms with Crippen LogP contribution < -0.4 is 0 Å². The van der Waals surface area contributed by atoms with Crippen molar-refractivity contribution in [3.8, 4) is 0 Å². The van der Waals surface area contributed by atoms with Gasteiger partial charge in [-0.3, -0.25) is 13.3 Å². The van der Waals surface area contributed by atoms with Gasteiger partial charge in [0.2, 0.25) is 0 Å². The van der Waals surface area contributed by atoms with E-state index in [2.05, 4.69) is 17.7 Å². The zero-order valence-corrected chi connectivity index (χ0v) is 19.2. The molecule has 0 radical (unpaired) electrons. The Morgan fingerprint density at radius 1 is 0.886 bits per heavy atom. The van der Waals surface area contributed by atoms with E-state index < -0.39 is 95.1 Å². The predicted octanol–water partition coefficient (Wildman–Crippen LogP) is -3.96. The standard InChI is InChI=1S/C12H20O20S3/c13-5-3(2-26-34(19,20)21)27-4(1-25-33-32-31-18)8(5)28-12-10(30-35(22,23)24)7(15)6(14)9(29-12)11(16)17/h3-10,12-15,18H,1-2H2,(H,16,17)(H,19,20,21)(H,22,23,24). The molecule has 35 heavy (non-hydrogen) atoms. The highest BCUT2D eigenvalue weighted by Gasteiger charge is 2.54. The van der Waals surface area contributed by atoms with E-state index in [0.717, 1.165) is 0 Å². The quantitative estimate of drug-likeness (QED) is 0.0359. The third kappa shape index (κ3) is 8.90. The highest BCUT2D eigenvalue weighted by atomic mass is 32.3. The first-order chi connectivity index (χ1) is 16.1. The molecule has 20 nitrogen and oxygen atoms in total. The number of aliphatic hydroxyl groups excluding tert-OH is 3. The average Bonchev–Trinajstić information content (AvgIpc) is 3.02. The Morgan fingerprint density at radius 3 is 2.09 bits per heavy atom. The van der Waals surface area contributed by atoms with Crippen LogP contribution in [0.4, 0.5) is 0 Å². The van der Waals surface area contributed by atoms with E-state index in [-0.39, 0.29) is 12.3 Å². The molecule has 0 amide bonds. The van der Waals surface area contributed by atoms with Crippen molar-refractivity contribution in [3.63, 3.8) is 0 Å². The minimum atomic E-state index is -5.34. The van der Waals surface area contributed by atoms with Gasteiger partial charge >= 0.3 is 26.8 Å². The molecular formula is C12H20O20S3. The van der Waals surface area contributed by atoms with Crippen molar-refractivity contribution < 1.29 is 92.6 Å². The smallest absolute Gasteiger partial charge is 0.397 e. The monoisotopic (exact) mass is 580 g/mol. The molecule has 0 aliphatic carbocycles. The first-order valence-electron chi connectivity index (χ1n) is 8.92. The third-order valence-corrected chi connectivity index (χ3v) is 5.71. The molecule has 9 unspecified atom stereocenters. The number of aliphatic carboxylic acids is 1. The molecule has 0 spiro atoms. The number of carboxylic acid groups (broad SMARTS) is 1. The molecular weight excluding hydrogens is 560 g/mol. The molecule has 0 aromatic carbocycles. The van der Waals surface area contributed by atoms with Crippen molar-refractivity contribution in [2.24, 2.45) is 0 Å². The van der Waals surface area contributed by atoms with Gasteiger partial charge in [-0.15, -0.1) is 4.33 Å². The summed E-state index contributed by atoms with van der Waals surface area (Å²) >= 11 is 0.0461. The van der Waals surface area contributed by atoms with Crippen LogP contribution in [0.5, 0.6) is 0 Å².